The first-order valence-corrected chi connectivity index (χ1v) is 6.29. The molecule has 0 fully saturated rings. The van der Waals surface area contributed by atoms with Crippen molar-refractivity contribution < 1.29 is 0 Å². The van der Waals surface area contributed by atoms with Crippen molar-refractivity contribution in [3.8, 4) is 11.3 Å². The summed E-state index contributed by atoms with van der Waals surface area (Å²) in [6.45, 7) is 7.68. The van der Waals surface area contributed by atoms with Gasteiger partial charge in [0.05, 0.1) is 0 Å². The molecular weight excluding hydrogens is 230 g/mol. The monoisotopic (exact) mass is 245 g/mol. The number of H-pyrrole nitrogens is 1. The molecule has 3 rings (SSSR count). The second-order valence-corrected chi connectivity index (χ2v) is 4.52. The first-order valence-electron chi connectivity index (χ1n) is 6.29. The molecule has 2 aromatic carbocycles. The predicted molar refractivity (Wildman–Crippen MR) is 83.9 cm³/mol. The van der Waals surface area contributed by atoms with Crippen molar-refractivity contribution in [1.29, 1.82) is 0 Å². The smallest absolute Gasteiger partial charge is 0.0464 e. The van der Waals surface area contributed by atoms with E-state index >= 15 is 0 Å². The van der Waals surface area contributed by atoms with E-state index in [1.165, 1.54) is 5.39 Å². The van der Waals surface area contributed by atoms with Crippen molar-refractivity contribution >= 4 is 23.1 Å². The van der Waals surface area contributed by atoms with Crippen LogP contribution in [0.2, 0.25) is 0 Å². The van der Waals surface area contributed by atoms with Crippen LogP contribution >= 0.6 is 0 Å². The largest absolute Gasteiger partial charge is 0.355 e. The molecule has 1 aromatic heterocycles. The average molecular weight is 245 g/mol. The Kier molecular flexibility index (Phi) is 2.81. The van der Waals surface area contributed by atoms with Crippen LogP contribution in [-0.4, -0.2) is 4.98 Å². The summed E-state index contributed by atoms with van der Waals surface area (Å²) in [7, 11) is 0. The van der Waals surface area contributed by atoms with Gasteiger partial charge in [-0.3, -0.25) is 0 Å². The standard InChI is InChI=1S/C18H15N/c1-3-13-9-10-16(11-14(13)4-2)18-12-15-7-5-6-8-17(15)19-18/h3-12,19H,1-2H2. The van der Waals surface area contributed by atoms with Crippen LogP contribution in [0.4, 0.5) is 0 Å². The third-order valence-corrected chi connectivity index (χ3v) is 3.37. The molecule has 0 aliphatic heterocycles. The maximum Gasteiger partial charge on any atom is 0.0464 e. The molecule has 19 heavy (non-hydrogen) atoms. The van der Waals surface area contributed by atoms with Gasteiger partial charge in [0.1, 0.15) is 0 Å². The van der Waals surface area contributed by atoms with Crippen LogP contribution in [0, 0.1) is 0 Å². The van der Waals surface area contributed by atoms with Gasteiger partial charge in [0.25, 0.3) is 0 Å². The summed E-state index contributed by atoms with van der Waals surface area (Å²) < 4.78 is 0. The quantitative estimate of drug-likeness (QED) is 0.659. The van der Waals surface area contributed by atoms with Crippen LogP contribution in [0.5, 0.6) is 0 Å². The third kappa shape index (κ3) is 2.00. The number of aromatic nitrogens is 1. The highest BCUT2D eigenvalue weighted by Crippen LogP contribution is 2.26. The molecule has 1 nitrogen and oxygen atoms in total. The van der Waals surface area contributed by atoms with E-state index in [9.17, 15) is 0 Å². The lowest BCUT2D eigenvalue weighted by atomic mass is 10.0. The fourth-order valence-electron chi connectivity index (χ4n) is 2.33. The van der Waals surface area contributed by atoms with Crippen molar-refractivity contribution in [2.75, 3.05) is 0 Å². The van der Waals surface area contributed by atoms with Gasteiger partial charge in [0, 0.05) is 16.6 Å². The van der Waals surface area contributed by atoms with Gasteiger partial charge in [0.15, 0.2) is 0 Å². The molecule has 0 spiro atoms. The van der Waals surface area contributed by atoms with Gasteiger partial charge >= 0.3 is 0 Å². The maximum atomic E-state index is 3.86. The van der Waals surface area contributed by atoms with E-state index in [-0.39, 0.29) is 0 Å². The van der Waals surface area contributed by atoms with E-state index in [1.807, 2.05) is 18.2 Å². The number of fused-ring (bicyclic) bond motifs is 1. The van der Waals surface area contributed by atoms with Crippen molar-refractivity contribution in [2.45, 2.75) is 0 Å². The van der Waals surface area contributed by atoms with Crippen LogP contribution in [0.15, 0.2) is 61.7 Å². The normalized spacial score (nSPS) is 10.5. The van der Waals surface area contributed by atoms with Gasteiger partial charge in [0.2, 0.25) is 0 Å². The van der Waals surface area contributed by atoms with Crippen molar-refractivity contribution in [3.63, 3.8) is 0 Å². The Morgan fingerprint density at radius 3 is 2.37 bits per heavy atom. The summed E-state index contributed by atoms with van der Waals surface area (Å²) in [5, 5.41) is 1.23. The van der Waals surface area contributed by atoms with Crippen LogP contribution in [0.25, 0.3) is 34.3 Å². The van der Waals surface area contributed by atoms with E-state index in [0.29, 0.717) is 0 Å². The van der Waals surface area contributed by atoms with Gasteiger partial charge in [-0.25, -0.2) is 0 Å². The Bertz CT molecular complexity index is 729. The third-order valence-electron chi connectivity index (χ3n) is 3.37. The molecule has 3 aromatic rings. The van der Waals surface area contributed by atoms with E-state index in [2.05, 4.69) is 60.6 Å². The topological polar surface area (TPSA) is 15.8 Å². The molecule has 0 bridgehead atoms. The highest BCUT2D eigenvalue weighted by atomic mass is 14.7. The van der Waals surface area contributed by atoms with E-state index in [1.54, 1.807) is 0 Å². The van der Waals surface area contributed by atoms with Gasteiger partial charge in [-0.05, 0) is 34.9 Å². The number of hydrogen-bond acceptors (Lipinski definition) is 0. The molecule has 0 saturated carbocycles. The van der Waals surface area contributed by atoms with E-state index in [4.69, 9.17) is 0 Å². The minimum absolute atomic E-state index is 1.10. The first-order chi connectivity index (χ1) is 9.31. The molecule has 1 heteroatoms. The lowest BCUT2D eigenvalue weighted by molar-refractivity contribution is 1.44. The summed E-state index contributed by atoms with van der Waals surface area (Å²) in [6.07, 6.45) is 3.72. The molecule has 0 radical (unpaired) electrons. The molecule has 1 N–H and O–H groups in total. The fraction of sp³-hybridized carbons (Fsp3) is 0. The summed E-state index contributed by atoms with van der Waals surface area (Å²) in [6, 6.07) is 16.8. The SMILES string of the molecule is C=Cc1ccc(-c2cc3ccccc3[nH]2)cc1C=C. The Morgan fingerprint density at radius 1 is 0.842 bits per heavy atom. The Hall–Kier alpha value is -2.54. The Labute approximate surface area is 112 Å². The zero-order valence-electron chi connectivity index (χ0n) is 10.7. The van der Waals surface area contributed by atoms with Gasteiger partial charge in [-0.1, -0.05) is 55.6 Å². The summed E-state index contributed by atoms with van der Waals surface area (Å²) in [5.74, 6) is 0. The molecule has 0 amide bonds. The second-order valence-electron chi connectivity index (χ2n) is 4.52. The lowest BCUT2D eigenvalue weighted by Crippen LogP contribution is -1.83. The number of para-hydroxylation sites is 1. The number of benzene rings is 2. The molecule has 1 heterocycles. The van der Waals surface area contributed by atoms with E-state index < -0.39 is 0 Å². The molecule has 0 aliphatic rings. The van der Waals surface area contributed by atoms with Crippen LogP contribution in [0.1, 0.15) is 11.1 Å². The number of rotatable bonds is 3. The maximum absolute atomic E-state index is 3.86. The molecule has 92 valence electrons. The summed E-state index contributed by atoms with van der Waals surface area (Å²) in [4.78, 5) is 3.44. The number of hydrogen-bond donors (Lipinski definition) is 1. The first kappa shape index (κ1) is 11.5. The van der Waals surface area contributed by atoms with Crippen LogP contribution < -0.4 is 0 Å². The Morgan fingerprint density at radius 2 is 1.63 bits per heavy atom. The van der Waals surface area contributed by atoms with E-state index in [0.717, 1.165) is 27.9 Å². The number of aromatic amines is 1. The predicted octanol–water partition coefficient (Wildman–Crippen LogP) is 5.12. The van der Waals surface area contributed by atoms with Gasteiger partial charge < -0.3 is 4.98 Å². The molecular formula is C18H15N. The van der Waals surface area contributed by atoms with Gasteiger partial charge in [-0.2, -0.15) is 0 Å². The molecule has 0 unspecified atom stereocenters. The van der Waals surface area contributed by atoms with Gasteiger partial charge in [-0.15, -0.1) is 0 Å². The summed E-state index contributed by atoms with van der Waals surface area (Å²) >= 11 is 0. The molecule has 0 atom stereocenters. The van der Waals surface area contributed by atoms with Crippen molar-refractivity contribution in [2.24, 2.45) is 0 Å². The highest BCUT2D eigenvalue weighted by Gasteiger charge is 2.04. The highest BCUT2D eigenvalue weighted by molar-refractivity contribution is 5.86. The molecule has 0 aliphatic carbocycles. The summed E-state index contributed by atoms with van der Waals surface area (Å²) in [5.41, 5.74) is 5.66. The van der Waals surface area contributed by atoms with Crippen LogP contribution in [0.3, 0.4) is 0 Å². The lowest BCUT2D eigenvalue weighted by Gasteiger charge is -2.04. The zero-order valence-corrected chi connectivity index (χ0v) is 10.7. The van der Waals surface area contributed by atoms with Crippen LogP contribution in [-0.2, 0) is 0 Å². The average Bonchev–Trinajstić information content (AvgIpc) is 2.90. The minimum Gasteiger partial charge on any atom is -0.355 e. The minimum atomic E-state index is 1.10. The van der Waals surface area contributed by atoms with Crippen molar-refractivity contribution in [3.05, 3.63) is 72.8 Å². The Balaban J connectivity index is 2.15. The number of nitrogens with one attached hydrogen (secondary N) is 1. The fourth-order valence-corrected chi connectivity index (χ4v) is 2.33. The molecule has 0 saturated heterocycles. The zero-order chi connectivity index (χ0) is 13.2. The second kappa shape index (κ2) is 4.62. The van der Waals surface area contributed by atoms with Crippen molar-refractivity contribution in [1.82, 2.24) is 4.98 Å².